The van der Waals surface area contributed by atoms with Crippen LogP contribution in [0.15, 0.2) is 54.6 Å². The van der Waals surface area contributed by atoms with E-state index in [1.807, 2.05) is 38.1 Å². The van der Waals surface area contributed by atoms with Crippen molar-refractivity contribution in [2.45, 2.75) is 130 Å². The molecule has 0 bridgehead atoms. The van der Waals surface area contributed by atoms with Crippen molar-refractivity contribution in [1.82, 2.24) is 10.2 Å². The fraction of sp³-hybridized carbons (Fsp3) is 0.529. The van der Waals surface area contributed by atoms with Crippen molar-refractivity contribution in [1.29, 1.82) is 0 Å². The molecule has 4 aliphatic rings. The van der Waals surface area contributed by atoms with Gasteiger partial charge in [-0.15, -0.1) is 6.42 Å². The lowest BCUT2D eigenvalue weighted by Crippen LogP contribution is -2.66. The number of ether oxygens (including phenoxy) is 3. The topological polar surface area (TPSA) is 114 Å². The van der Waals surface area contributed by atoms with Gasteiger partial charge in [-0.05, 0) is 99.7 Å². The molecule has 3 aromatic rings. The van der Waals surface area contributed by atoms with E-state index in [4.69, 9.17) is 20.6 Å². The first-order valence-corrected chi connectivity index (χ1v) is 22.2. The van der Waals surface area contributed by atoms with E-state index in [0.29, 0.717) is 18.8 Å². The summed E-state index contributed by atoms with van der Waals surface area (Å²) in [6.07, 6.45) is 7.81. The van der Waals surface area contributed by atoms with Crippen LogP contribution in [0.4, 0.5) is 10.1 Å². The predicted molar refractivity (Wildman–Crippen MR) is 237 cm³/mol. The van der Waals surface area contributed by atoms with Crippen LogP contribution in [-0.2, 0) is 14.3 Å². The molecule has 1 amide bonds. The Bertz CT molecular complexity index is 2200. The summed E-state index contributed by atoms with van der Waals surface area (Å²) in [5.41, 5.74) is 4.16. The van der Waals surface area contributed by atoms with Crippen molar-refractivity contribution < 1.29 is 37.8 Å². The standard InChI is InChI=1S/C51H62FN3O7/c1-10-41-31(4)21-38(22-32(41)5)62-49-50(6,7)47(51(49,8)9)27-45(57)33-11-13-34(14-12-33)54-19-20-60-40(28-54)29-55(30(2)3)35-23-39(24-35)61-37-16-17-42(43(52)26-37)48(59)53-44-18-15-36(56)25-46(44)58/h1,11-14,16-17,21-22,26,30,35,39-40,44,47,49H,15,18-20,23-25,27-29H2,2-9H3,(H,53,59)/t35?,39?,40-,44+,47?,49?/m1/s1. The van der Waals surface area contributed by atoms with Crippen LogP contribution in [0.5, 0.6) is 11.5 Å². The number of halogens is 1. The number of carbonyl (C=O) groups is 4. The van der Waals surface area contributed by atoms with Gasteiger partial charge in [-0.2, -0.15) is 0 Å². The average Bonchev–Trinajstić information content (AvgIpc) is 3.20. The summed E-state index contributed by atoms with van der Waals surface area (Å²) in [7, 11) is 0. The maximum atomic E-state index is 15.1. The van der Waals surface area contributed by atoms with Crippen LogP contribution in [0.3, 0.4) is 0 Å². The zero-order chi connectivity index (χ0) is 44.7. The maximum absolute atomic E-state index is 15.1. The lowest BCUT2D eigenvalue weighted by Gasteiger charge is -2.63. The Morgan fingerprint density at radius 2 is 1.66 bits per heavy atom. The molecule has 62 heavy (non-hydrogen) atoms. The minimum atomic E-state index is -0.781. The van der Waals surface area contributed by atoms with E-state index in [0.717, 1.165) is 66.2 Å². The number of amides is 1. The van der Waals surface area contributed by atoms with Crippen molar-refractivity contribution in [2.75, 3.05) is 31.1 Å². The number of ketones is 3. The summed E-state index contributed by atoms with van der Waals surface area (Å²) in [5, 5.41) is 2.57. The Labute approximate surface area is 366 Å². The summed E-state index contributed by atoms with van der Waals surface area (Å²) in [4.78, 5) is 55.0. The van der Waals surface area contributed by atoms with E-state index in [9.17, 15) is 19.2 Å². The third-order valence-electron chi connectivity index (χ3n) is 14.0. The second kappa shape index (κ2) is 18.0. The molecule has 1 heterocycles. The van der Waals surface area contributed by atoms with Gasteiger partial charge in [0.05, 0.1) is 30.7 Å². The first-order chi connectivity index (χ1) is 29.3. The van der Waals surface area contributed by atoms with Crippen molar-refractivity contribution in [3.8, 4) is 23.8 Å². The second-order valence-electron chi connectivity index (χ2n) is 19.4. The molecule has 10 nitrogen and oxygen atoms in total. The molecule has 1 N–H and O–H groups in total. The van der Waals surface area contributed by atoms with Gasteiger partial charge in [0, 0.05) is 91.1 Å². The van der Waals surface area contributed by atoms with Gasteiger partial charge >= 0.3 is 0 Å². The van der Waals surface area contributed by atoms with Crippen molar-refractivity contribution in [2.24, 2.45) is 16.7 Å². The van der Waals surface area contributed by atoms with Gasteiger partial charge in [-0.25, -0.2) is 4.39 Å². The Balaban J connectivity index is 0.887. The van der Waals surface area contributed by atoms with Gasteiger partial charge in [-0.1, -0.05) is 33.6 Å². The molecule has 7 rings (SSSR count). The molecular formula is C51H62FN3O7. The van der Waals surface area contributed by atoms with Crippen LogP contribution < -0.4 is 19.7 Å². The molecule has 2 atom stereocenters. The molecule has 1 aliphatic heterocycles. The van der Waals surface area contributed by atoms with E-state index < -0.39 is 17.8 Å². The Kier molecular flexibility index (Phi) is 13.0. The van der Waals surface area contributed by atoms with E-state index in [-0.39, 0.29) is 89.3 Å². The van der Waals surface area contributed by atoms with Gasteiger partial charge in [-0.3, -0.25) is 24.1 Å². The monoisotopic (exact) mass is 847 g/mol. The van der Waals surface area contributed by atoms with Crippen LogP contribution in [0.1, 0.15) is 117 Å². The highest BCUT2D eigenvalue weighted by atomic mass is 19.1. The molecule has 330 valence electrons. The van der Waals surface area contributed by atoms with Gasteiger partial charge in [0.2, 0.25) is 0 Å². The van der Waals surface area contributed by atoms with Gasteiger partial charge in [0.15, 0.2) is 11.6 Å². The van der Waals surface area contributed by atoms with Crippen molar-refractivity contribution in [3.05, 3.63) is 88.2 Å². The summed E-state index contributed by atoms with van der Waals surface area (Å²) in [6.45, 7) is 20.1. The molecule has 0 unspecified atom stereocenters. The van der Waals surface area contributed by atoms with Crippen LogP contribution in [-0.4, -0.2) is 90.8 Å². The van der Waals surface area contributed by atoms with Gasteiger partial charge in [0.25, 0.3) is 5.91 Å². The average molecular weight is 848 g/mol. The summed E-state index contributed by atoms with van der Waals surface area (Å²) < 4.78 is 34.1. The summed E-state index contributed by atoms with van der Waals surface area (Å²) in [5.74, 6) is 2.33. The van der Waals surface area contributed by atoms with Gasteiger partial charge in [0.1, 0.15) is 35.3 Å². The number of nitrogens with one attached hydrogen (secondary N) is 1. The normalized spacial score (nSPS) is 25.4. The number of rotatable bonds is 14. The zero-order valence-electron chi connectivity index (χ0n) is 37.5. The van der Waals surface area contributed by atoms with Crippen LogP contribution in [0, 0.1) is 48.8 Å². The largest absolute Gasteiger partial charge is 0.490 e. The Hall–Kier alpha value is -5.05. The molecule has 0 radical (unpaired) electrons. The second-order valence-corrected chi connectivity index (χ2v) is 19.4. The molecule has 0 spiro atoms. The van der Waals surface area contributed by atoms with Crippen LogP contribution in [0.25, 0.3) is 0 Å². The molecule has 11 heteroatoms. The molecule has 0 aromatic heterocycles. The SMILES string of the molecule is C#Cc1c(C)cc(OC2C(C)(C)C(CC(=O)c3ccc(N4CCO[C@@H](CN(C(C)C)C5CC(Oc6ccc(C(=O)N[C@H]7CCC(=O)CC7=O)c(F)c6)C5)C4)cc3)C2(C)C)cc1C. The fourth-order valence-corrected chi connectivity index (χ4v) is 10.7. The van der Waals surface area contributed by atoms with E-state index in [2.05, 4.69) is 74.7 Å². The van der Waals surface area contributed by atoms with Crippen LogP contribution in [0.2, 0.25) is 0 Å². The number of hydrogen-bond donors (Lipinski definition) is 1. The van der Waals surface area contributed by atoms with Crippen molar-refractivity contribution in [3.63, 3.8) is 0 Å². The molecule has 3 aliphatic carbocycles. The Morgan fingerprint density at radius 1 is 0.984 bits per heavy atom. The Morgan fingerprint density at radius 3 is 2.27 bits per heavy atom. The molecule has 4 fully saturated rings. The number of carbonyl (C=O) groups excluding carboxylic acids is 4. The highest BCUT2D eigenvalue weighted by molar-refractivity contribution is 6.06. The molecule has 3 aromatic carbocycles. The summed E-state index contributed by atoms with van der Waals surface area (Å²) in [6, 6.07) is 16.0. The number of benzene rings is 3. The third kappa shape index (κ3) is 9.33. The van der Waals surface area contributed by atoms with E-state index in [1.54, 1.807) is 6.07 Å². The number of anilines is 1. The number of terminal acetylenes is 1. The van der Waals surface area contributed by atoms with E-state index >= 15 is 4.39 Å². The van der Waals surface area contributed by atoms with Crippen molar-refractivity contribution >= 4 is 28.9 Å². The first kappa shape index (κ1) is 45.0. The first-order valence-electron chi connectivity index (χ1n) is 22.2. The highest BCUT2D eigenvalue weighted by Crippen LogP contribution is 2.62. The zero-order valence-corrected chi connectivity index (χ0v) is 37.5. The molecule has 1 saturated heterocycles. The number of hydrogen-bond acceptors (Lipinski definition) is 9. The third-order valence-corrected chi connectivity index (χ3v) is 14.0. The number of Topliss-reactive ketones (excluding diaryl/α,β-unsaturated/α-hetero) is 3. The van der Waals surface area contributed by atoms with Crippen LogP contribution >= 0.6 is 0 Å². The number of aryl methyl sites for hydroxylation is 2. The smallest absolute Gasteiger partial charge is 0.254 e. The number of nitrogens with zero attached hydrogens (tertiary/aromatic N) is 2. The number of morpholine rings is 1. The minimum absolute atomic E-state index is 0.00838. The highest BCUT2D eigenvalue weighted by Gasteiger charge is 2.63. The summed E-state index contributed by atoms with van der Waals surface area (Å²) >= 11 is 0. The lowest BCUT2D eigenvalue weighted by atomic mass is 9.44. The quantitative estimate of drug-likeness (QED) is 0.0978. The van der Waals surface area contributed by atoms with E-state index in [1.165, 1.54) is 12.1 Å². The fourth-order valence-electron chi connectivity index (χ4n) is 10.7. The molecule has 3 saturated carbocycles. The maximum Gasteiger partial charge on any atom is 0.254 e. The molecular weight excluding hydrogens is 786 g/mol. The minimum Gasteiger partial charge on any atom is -0.490 e. The lowest BCUT2D eigenvalue weighted by molar-refractivity contribution is -0.196. The predicted octanol–water partition coefficient (Wildman–Crippen LogP) is 8.07. The van der Waals surface area contributed by atoms with Gasteiger partial charge < -0.3 is 24.4 Å².